The van der Waals surface area contributed by atoms with Crippen molar-refractivity contribution in [3.05, 3.63) is 54.5 Å². The van der Waals surface area contributed by atoms with Crippen molar-refractivity contribution in [2.75, 3.05) is 11.9 Å². The zero-order valence-electron chi connectivity index (χ0n) is 12.1. The van der Waals surface area contributed by atoms with Gasteiger partial charge >= 0.3 is 0 Å². The van der Waals surface area contributed by atoms with E-state index < -0.39 is 0 Å². The van der Waals surface area contributed by atoms with Gasteiger partial charge in [-0.3, -0.25) is 9.78 Å². The zero-order valence-corrected chi connectivity index (χ0v) is 12.1. The van der Waals surface area contributed by atoms with E-state index in [0.717, 1.165) is 22.3 Å². The monoisotopic (exact) mass is 293 g/mol. The number of benzene rings is 1. The fraction of sp³-hybridized carbons (Fsp3) is 0.176. The molecule has 0 saturated carbocycles. The molecule has 1 fully saturated rings. The second-order valence-corrected chi connectivity index (χ2v) is 5.35. The van der Waals surface area contributed by atoms with E-state index in [1.54, 1.807) is 12.4 Å². The number of nitrogens with zero attached hydrogens (tertiary/aromatic N) is 2. The largest absolute Gasteiger partial charge is 0.364 e. The Kier molecular flexibility index (Phi) is 2.94. The highest BCUT2D eigenvalue weighted by molar-refractivity contribution is 6.12. The van der Waals surface area contributed by atoms with Gasteiger partial charge in [0, 0.05) is 30.5 Å². The summed E-state index contributed by atoms with van der Waals surface area (Å²) < 4.78 is 7.11. The van der Waals surface area contributed by atoms with Gasteiger partial charge in [-0.05, 0) is 18.2 Å². The molecule has 1 aromatic carbocycles. The van der Waals surface area contributed by atoms with Crippen molar-refractivity contribution in [1.82, 2.24) is 9.55 Å². The number of Topliss-reactive ketones (excluding diaryl/α,β-unsaturated/α-hetero) is 1. The van der Waals surface area contributed by atoms with Crippen molar-refractivity contribution >= 4 is 28.1 Å². The summed E-state index contributed by atoms with van der Waals surface area (Å²) in [7, 11) is 1.91. The summed E-state index contributed by atoms with van der Waals surface area (Å²) in [6.45, 7) is 0.509. The van der Waals surface area contributed by atoms with E-state index in [9.17, 15) is 4.79 Å². The average Bonchev–Trinajstić information content (AvgIpc) is 3.36. The molecule has 5 nitrogen and oxygen atoms in total. The van der Waals surface area contributed by atoms with Gasteiger partial charge in [-0.15, -0.1) is 0 Å². The molecule has 1 N–H and O–H groups in total. The Morgan fingerprint density at radius 3 is 2.73 bits per heavy atom. The molecule has 0 aliphatic carbocycles. The van der Waals surface area contributed by atoms with Crippen LogP contribution in [0.15, 0.2) is 48.8 Å². The summed E-state index contributed by atoms with van der Waals surface area (Å²) in [4.78, 5) is 16.6. The smallest absolute Gasteiger partial charge is 0.212 e. The second-order valence-electron chi connectivity index (χ2n) is 5.35. The molecule has 1 aliphatic heterocycles. The number of ether oxygens (including phenoxy) is 1. The molecule has 1 saturated heterocycles. The third-order valence-electron chi connectivity index (χ3n) is 3.92. The number of pyridine rings is 1. The first kappa shape index (κ1) is 13.0. The molecule has 0 bridgehead atoms. The fourth-order valence-electron chi connectivity index (χ4n) is 2.74. The van der Waals surface area contributed by atoms with Crippen molar-refractivity contribution in [3.8, 4) is 0 Å². The summed E-state index contributed by atoms with van der Waals surface area (Å²) in [5.74, 6) is 0.0234. The number of rotatable bonds is 4. The summed E-state index contributed by atoms with van der Waals surface area (Å²) in [5, 5.41) is 4.38. The van der Waals surface area contributed by atoms with Crippen LogP contribution in [0.1, 0.15) is 10.5 Å². The van der Waals surface area contributed by atoms with E-state index in [-0.39, 0.29) is 11.9 Å². The second kappa shape index (κ2) is 4.96. The number of carbonyl (C=O) groups excluding carboxylic acids is 1. The Morgan fingerprint density at radius 2 is 2.00 bits per heavy atom. The maximum Gasteiger partial charge on any atom is 0.212 e. The SMILES string of the molecule is Cn1c(C(=O)C2CO2)c(Nc2ccncc2)c2ccccc21. The Balaban J connectivity index is 1.90. The lowest BCUT2D eigenvalue weighted by molar-refractivity contribution is 0.0947. The van der Waals surface area contributed by atoms with Crippen LogP contribution in [0.3, 0.4) is 0 Å². The molecule has 22 heavy (non-hydrogen) atoms. The van der Waals surface area contributed by atoms with Gasteiger partial charge in [0.05, 0.1) is 17.8 Å². The first-order valence-corrected chi connectivity index (χ1v) is 7.16. The average molecular weight is 293 g/mol. The number of hydrogen-bond acceptors (Lipinski definition) is 4. The number of aryl methyl sites for hydroxylation is 1. The minimum absolute atomic E-state index is 0.0234. The summed E-state index contributed by atoms with van der Waals surface area (Å²) in [6, 6.07) is 11.7. The summed E-state index contributed by atoms with van der Waals surface area (Å²) >= 11 is 0. The number of aromatic nitrogens is 2. The van der Waals surface area contributed by atoms with Crippen molar-refractivity contribution in [1.29, 1.82) is 0 Å². The number of carbonyl (C=O) groups is 1. The molecule has 1 atom stereocenters. The minimum Gasteiger partial charge on any atom is -0.364 e. The van der Waals surface area contributed by atoms with Crippen molar-refractivity contribution < 1.29 is 9.53 Å². The Morgan fingerprint density at radius 1 is 1.27 bits per heavy atom. The normalized spacial score (nSPS) is 16.7. The van der Waals surface area contributed by atoms with Gasteiger partial charge in [0.1, 0.15) is 11.8 Å². The van der Waals surface area contributed by atoms with E-state index in [4.69, 9.17) is 4.74 Å². The molecule has 3 heterocycles. The van der Waals surface area contributed by atoms with Gasteiger partial charge in [-0.1, -0.05) is 18.2 Å². The number of epoxide rings is 1. The van der Waals surface area contributed by atoms with Gasteiger partial charge < -0.3 is 14.6 Å². The number of anilines is 2. The summed E-state index contributed by atoms with van der Waals surface area (Å²) in [6.07, 6.45) is 3.14. The first-order valence-electron chi connectivity index (χ1n) is 7.16. The molecule has 110 valence electrons. The Labute approximate surface area is 127 Å². The molecular weight excluding hydrogens is 278 g/mol. The van der Waals surface area contributed by atoms with Gasteiger partial charge in [0.15, 0.2) is 0 Å². The lowest BCUT2D eigenvalue weighted by Crippen LogP contribution is -2.13. The molecule has 3 aromatic rings. The third-order valence-corrected chi connectivity index (χ3v) is 3.92. The lowest BCUT2D eigenvalue weighted by atomic mass is 10.1. The van der Waals surface area contributed by atoms with E-state index >= 15 is 0 Å². The first-order chi connectivity index (χ1) is 10.8. The van der Waals surface area contributed by atoms with E-state index in [1.807, 2.05) is 48.0 Å². The van der Waals surface area contributed by atoms with Gasteiger partial charge in [0.2, 0.25) is 5.78 Å². The summed E-state index contributed by atoms with van der Waals surface area (Å²) in [5.41, 5.74) is 3.39. The molecule has 0 amide bonds. The van der Waals surface area contributed by atoms with Crippen LogP contribution < -0.4 is 5.32 Å². The van der Waals surface area contributed by atoms with Crippen LogP contribution in [-0.2, 0) is 11.8 Å². The maximum atomic E-state index is 12.6. The van der Waals surface area contributed by atoms with Crippen LogP contribution in [-0.4, -0.2) is 28.0 Å². The lowest BCUT2D eigenvalue weighted by Gasteiger charge is -2.08. The molecule has 1 aliphatic rings. The standard InChI is InChI=1S/C17H15N3O2/c1-20-13-5-3-2-4-12(13)15(16(20)17(21)14-10-22-14)19-11-6-8-18-9-7-11/h2-9,14H,10H2,1H3,(H,18,19). The Bertz CT molecular complexity index is 851. The molecular formula is C17H15N3O2. The van der Waals surface area contributed by atoms with E-state index in [0.29, 0.717) is 12.3 Å². The van der Waals surface area contributed by atoms with E-state index in [1.165, 1.54) is 0 Å². The number of hydrogen-bond donors (Lipinski definition) is 1. The van der Waals surface area contributed by atoms with E-state index in [2.05, 4.69) is 10.3 Å². The zero-order chi connectivity index (χ0) is 15.1. The predicted molar refractivity (Wildman–Crippen MR) is 84.5 cm³/mol. The minimum atomic E-state index is -0.305. The molecule has 0 radical (unpaired) electrons. The number of para-hydroxylation sites is 1. The van der Waals surface area contributed by atoms with Crippen LogP contribution in [0, 0.1) is 0 Å². The predicted octanol–water partition coefficient (Wildman–Crippen LogP) is 2.90. The third kappa shape index (κ3) is 2.07. The van der Waals surface area contributed by atoms with Crippen LogP contribution in [0.25, 0.3) is 10.9 Å². The Hall–Kier alpha value is -2.66. The van der Waals surface area contributed by atoms with Gasteiger partial charge in [-0.25, -0.2) is 0 Å². The molecule has 4 rings (SSSR count). The highest BCUT2D eigenvalue weighted by atomic mass is 16.6. The molecule has 1 unspecified atom stereocenters. The number of nitrogens with one attached hydrogen (secondary N) is 1. The van der Waals surface area contributed by atoms with Crippen LogP contribution in [0.4, 0.5) is 11.4 Å². The van der Waals surface area contributed by atoms with Gasteiger partial charge in [-0.2, -0.15) is 0 Å². The van der Waals surface area contributed by atoms with Crippen molar-refractivity contribution in [2.45, 2.75) is 6.10 Å². The van der Waals surface area contributed by atoms with Crippen LogP contribution in [0.2, 0.25) is 0 Å². The molecule has 0 spiro atoms. The van der Waals surface area contributed by atoms with Crippen molar-refractivity contribution in [2.24, 2.45) is 7.05 Å². The fourth-order valence-corrected chi connectivity index (χ4v) is 2.74. The van der Waals surface area contributed by atoms with Crippen LogP contribution in [0.5, 0.6) is 0 Å². The quantitative estimate of drug-likeness (QED) is 0.593. The van der Waals surface area contributed by atoms with Crippen LogP contribution >= 0.6 is 0 Å². The molecule has 2 aromatic heterocycles. The van der Waals surface area contributed by atoms with Crippen molar-refractivity contribution in [3.63, 3.8) is 0 Å². The highest BCUT2D eigenvalue weighted by Crippen LogP contribution is 2.34. The number of ketones is 1. The maximum absolute atomic E-state index is 12.6. The highest BCUT2D eigenvalue weighted by Gasteiger charge is 2.36. The van der Waals surface area contributed by atoms with Gasteiger partial charge in [0.25, 0.3) is 0 Å². The topological polar surface area (TPSA) is 59.5 Å². The molecule has 5 heteroatoms. The number of fused-ring (bicyclic) bond motifs is 1.